The topological polar surface area (TPSA) is 42.0 Å². The predicted octanol–water partition coefficient (Wildman–Crippen LogP) is 6.38. The molecule has 0 saturated heterocycles. The maximum absolute atomic E-state index is 12.0. The number of benzene rings is 2. The maximum Gasteiger partial charge on any atom is 0.226 e. The second kappa shape index (κ2) is 7.93. The van der Waals surface area contributed by atoms with Crippen LogP contribution in [-0.2, 0) is 4.79 Å². The van der Waals surface area contributed by atoms with Gasteiger partial charge in [0.05, 0.1) is 14.7 Å². The number of hydrogen-bond acceptors (Lipinski definition) is 4. The lowest BCUT2D eigenvalue weighted by Crippen LogP contribution is -2.11. The number of rotatable bonds is 5. The number of amides is 1. The van der Waals surface area contributed by atoms with Gasteiger partial charge in [-0.25, -0.2) is 4.98 Å². The first-order valence-electron chi connectivity index (χ1n) is 6.95. The Morgan fingerprint density at radius 2 is 1.88 bits per heavy atom. The van der Waals surface area contributed by atoms with E-state index in [1.165, 1.54) is 11.3 Å². The van der Waals surface area contributed by atoms with Gasteiger partial charge in [0.25, 0.3) is 0 Å². The second-order valence-corrected chi connectivity index (χ2v) is 8.25. The highest BCUT2D eigenvalue weighted by molar-refractivity contribution is 7.99. The van der Waals surface area contributed by atoms with E-state index < -0.39 is 0 Å². The maximum atomic E-state index is 12.0. The average Bonchev–Trinajstić information content (AvgIpc) is 2.96. The first-order chi connectivity index (χ1) is 11.5. The third kappa shape index (κ3) is 4.35. The zero-order valence-corrected chi connectivity index (χ0v) is 16.1. The Morgan fingerprint density at radius 3 is 2.62 bits per heavy atom. The fourth-order valence-corrected chi connectivity index (χ4v) is 4.25. The molecular formula is C16H11Cl3N2OS2. The summed E-state index contributed by atoms with van der Waals surface area (Å²) in [5.41, 5.74) is 0.611. The number of anilines is 1. The molecule has 1 amide bonds. The summed E-state index contributed by atoms with van der Waals surface area (Å²) in [6.45, 7) is 0. The number of halogens is 3. The van der Waals surface area contributed by atoms with Crippen molar-refractivity contribution in [1.82, 2.24) is 4.98 Å². The van der Waals surface area contributed by atoms with Crippen molar-refractivity contribution in [2.75, 3.05) is 11.1 Å². The van der Waals surface area contributed by atoms with E-state index in [0.29, 0.717) is 37.9 Å². The van der Waals surface area contributed by atoms with Gasteiger partial charge >= 0.3 is 0 Å². The van der Waals surface area contributed by atoms with Crippen LogP contribution >= 0.6 is 57.9 Å². The molecule has 0 aliphatic heterocycles. The van der Waals surface area contributed by atoms with Crippen molar-refractivity contribution in [2.24, 2.45) is 0 Å². The smallest absolute Gasteiger partial charge is 0.226 e. The zero-order chi connectivity index (χ0) is 17.1. The monoisotopic (exact) mass is 416 g/mol. The van der Waals surface area contributed by atoms with Gasteiger partial charge in [-0.15, -0.1) is 11.8 Å². The van der Waals surface area contributed by atoms with Crippen molar-refractivity contribution >= 4 is 79.2 Å². The largest absolute Gasteiger partial charge is 0.302 e. The Labute approximate surface area is 162 Å². The van der Waals surface area contributed by atoms with Crippen molar-refractivity contribution in [2.45, 2.75) is 11.3 Å². The van der Waals surface area contributed by atoms with Gasteiger partial charge in [0.1, 0.15) is 5.52 Å². The molecule has 0 aliphatic carbocycles. The summed E-state index contributed by atoms with van der Waals surface area (Å²) in [5, 5.41) is 4.89. The number of nitrogens with zero attached hydrogens (tertiary/aromatic N) is 1. The van der Waals surface area contributed by atoms with E-state index >= 15 is 0 Å². The molecule has 1 aromatic heterocycles. The SMILES string of the molecule is O=C(CCSc1ccc(Cl)cc1)Nc1nc2c(Cl)c(Cl)ccc2s1. The van der Waals surface area contributed by atoms with Crippen LogP contribution in [0.15, 0.2) is 41.3 Å². The Bertz CT molecular complexity index is 881. The molecule has 3 rings (SSSR count). The highest BCUT2D eigenvalue weighted by atomic mass is 35.5. The summed E-state index contributed by atoms with van der Waals surface area (Å²) >= 11 is 20.9. The van der Waals surface area contributed by atoms with Gasteiger partial charge in [0, 0.05) is 22.1 Å². The van der Waals surface area contributed by atoms with Crippen LogP contribution < -0.4 is 5.32 Å². The van der Waals surface area contributed by atoms with Gasteiger partial charge in [-0.1, -0.05) is 46.1 Å². The van der Waals surface area contributed by atoms with Crippen LogP contribution in [0.25, 0.3) is 10.2 Å². The lowest BCUT2D eigenvalue weighted by Gasteiger charge is -2.02. The molecule has 124 valence electrons. The summed E-state index contributed by atoms with van der Waals surface area (Å²) in [6.07, 6.45) is 0.387. The predicted molar refractivity (Wildman–Crippen MR) is 105 cm³/mol. The van der Waals surface area contributed by atoms with Crippen LogP contribution in [0.3, 0.4) is 0 Å². The Morgan fingerprint density at radius 1 is 1.12 bits per heavy atom. The molecular weight excluding hydrogens is 407 g/mol. The molecule has 3 nitrogen and oxygen atoms in total. The number of fused-ring (bicyclic) bond motifs is 1. The van der Waals surface area contributed by atoms with Gasteiger partial charge in [0.2, 0.25) is 5.91 Å². The molecule has 0 aliphatic rings. The molecule has 0 spiro atoms. The molecule has 8 heteroatoms. The molecule has 0 radical (unpaired) electrons. The highest BCUT2D eigenvalue weighted by Gasteiger charge is 2.12. The Hall–Kier alpha value is -0.980. The van der Waals surface area contributed by atoms with Gasteiger partial charge in [0.15, 0.2) is 5.13 Å². The van der Waals surface area contributed by atoms with E-state index in [2.05, 4.69) is 10.3 Å². The standard InChI is InChI=1S/C16H11Cl3N2OS2/c17-9-1-3-10(4-2-9)23-8-7-13(22)20-16-21-15-12(24-16)6-5-11(18)14(15)19/h1-6H,7-8H2,(H,20,21,22). The number of thioether (sulfide) groups is 1. The first-order valence-corrected chi connectivity index (χ1v) is 9.89. The molecule has 0 atom stereocenters. The number of carbonyl (C=O) groups is 1. The lowest BCUT2D eigenvalue weighted by molar-refractivity contribution is -0.115. The number of thiazole rings is 1. The average molecular weight is 418 g/mol. The van der Waals surface area contributed by atoms with E-state index in [1.807, 2.05) is 30.3 Å². The molecule has 3 aromatic rings. The fourth-order valence-electron chi connectivity index (χ4n) is 1.96. The molecule has 0 saturated carbocycles. The summed E-state index contributed by atoms with van der Waals surface area (Å²) in [7, 11) is 0. The molecule has 0 fully saturated rings. The molecule has 1 N–H and O–H groups in total. The van der Waals surface area contributed by atoms with Crippen LogP contribution in [0, 0.1) is 0 Å². The second-order valence-electron chi connectivity index (χ2n) is 4.83. The third-order valence-electron chi connectivity index (χ3n) is 3.11. The minimum Gasteiger partial charge on any atom is -0.302 e. The highest BCUT2D eigenvalue weighted by Crippen LogP contribution is 2.35. The van der Waals surface area contributed by atoms with Crippen molar-refractivity contribution in [3.63, 3.8) is 0 Å². The van der Waals surface area contributed by atoms with Crippen LogP contribution in [0.1, 0.15) is 6.42 Å². The van der Waals surface area contributed by atoms with Crippen molar-refractivity contribution in [3.8, 4) is 0 Å². The van der Waals surface area contributed by atoms with Crippen LogP contribution in [0.4, 0.5) is 5.13 Å². The van der Waals surface area contributed by atoms with Gasteiger partial charge < -0.3 is 5.32 Å². The van der Waals surface area contributed by atoms with Crippen LogP contribution in [0.5, 0.6) is 0 Å². The number of carbonyl (C=O) groups excluding carboxylic acids is 1. The molecule has 1 heterocycles. The first kappa shape index (κ1) is 17.8. The number of aromatic nitrogens is 1. The summed E-state index contributed by atoms with van der Waals surface area (Å²) < 4.78 is 0.884. The zero-order valence-electron chi connectivity index (χ0n) is 12.2. The van der Waals surface area contributed by atoms with Gasteiger partial charge in [-0.3, -0.25) is 4.79 Å². The van der Waals surface area contributed by atoms with Crippen molar-refractivity contribution in [3.05, 3.63) is 51.5 Å². The fraction of sp³-hybridized carbons (Fsp3) is 0.125. The Kier molecular flexibility index (Phi) is 5.89. The quantitative estimate of drug-likeness (QED) is 0.490. The summed E-state index contributed by atoms with van der Waals surface area (Å²) in [4.78, 5) is 17.5. The van der Waals surface area contributed by atoms with Gasteiger partial charge in [-0.05, 0) is 36.4 Å². The van der Waals surface area contributed by atoms with E-state index in [4.69, 9.17) is 34.8 Å². The lowest BCUT2D eigenvalue weighted by atomic mass is 10.3. The Balaban J connectivity index is 1.57. The minimum absolute atomic E-state index is 0.0854. The van der Waals surface area contributed by atoms with Crippen molar-refractivity contribution < 1.29 is 4.79 Å². The van der Waals surface area contributed by atoms with Crippen LogP contribution in [0.2, 0.25) is 15.1 Å². The van der Waals surface area contributed by atoms with E-state index in [0.717, 1.165) is 9.60 Å². The number of nitrogens with one attached hydrogen (secondary N) is 1. The normalized spacial score (nSPS) is 11.0. The molecule has 0 bridgehead atoms. The summed E-state index contributed by atoms with van der Waals surface area (Å²) in [5.74, 6) is 0.586. The van der Waals surface area contributed by atoms with E-state index in [1.54, 1.807) is 17.8 Å². The number of hydrogen-bond donors (Lipinski definition) is 1. The summed E-state index contributed by atoms with van der Waals surface area (Å²) in [6, 6.07) is 11.1. The molecule has 24 heavy (non-hydrogen) atoms. The van der Waals surface area contributed by atoms with E-state index in [-0.39, 0.29) is 5.91 Å². The van der Waals surface area contributed by atoms with Crippen LogP contribution in [-0.4, -0.2) is 16.6 Å². The third-order valence-corrected chi connectivity index (χ3v) is 6.11. The van der Waals surface area contributed by atoms with Crippen molar-refractivity contribution in [1.29, 1.82) is 0 Å². The minimum atomic E-state index is -0.0854. The van der Waals surface area contributed by atoms with Gasteiger partial charge in [-0.2, -0.15) is 0 Å². The molecule has 0 unspecified atom stereocenters. The molecule has 2 aromatic carbocycles. The van der Waals surface area contributed by atoms with E-state index in [9.17, 15) is 4.79 Å².